The third-order valence-corrected chi connectivity index (χ3v) is 4.14. The molecule has 1 aliphatic rings. The Morgan fingerprint density at radius 2 is 1.43 bits per heavy atom. The molecule has 3 nitrogen and oxygen atoms in total. The van der Waals surface area contributed by atoms with E-state index in [0.29, 0.717) is 5.56 Å². The van der Waals surface area contributed by atoms with E-state index < -0.39 is 6.10 Å². The van der Waals surface area contributed by atoms with Crippen LogP contribution in [0.4, 0.5) is 0 Å². The molecule has 0 bridgehead atoms. The van der Waals surface area contributed by atoms with Gasteiger partial charge >= 0.3 is 0 Å². The lowest BCUT2D eigenvalue weighted by molar-refractivity contribution is -0.00319. The van der Waals surface area contributed by atoms with Gasteiger partial charge in [-0.15, -0.1) is 0 Å². The lowest BCUT2D eigenvalue weighted by atomic mass is 9.75. The summed E-state index contributed by atoms with van der Waals surface area (Å²) in [5.41, 5.74) is 2.69. The van der Waals surface area contributed by atoms with Crippen molar-refractivity contribution in [3.8, 4) is 0 Å². The molecule has 0 spiro atoms. The average Bonchev–Trinajstić information content (AvgIpc) is 2.55. The summed E-state index contributed by atoms with van der Waals surface area (Å²) in [6.07, 6.45) is -0.710. The van der Waals surface area contributed by atoms with Crippen LogP contribution in [0.2, 0.25) is 0 Å². The van der Waals surface area contributed by atoms with E-state index in [-0.39, 0.29) is 17.8 Å². The maximum atomic E-state index is 12.7. The molecule has 1 aliphatic carbocycles. The number of methoxy groups -OCH3 is 2. The van der Waals surface area contributed by atoms with Crippen molar-refractivity contribution in [3.05, 3.63) is 71.3 Å². The largest absolute Gasteiger partial charge is 0.376 e. The minimum atomic E-state index is -0.521. The molecular formula is C18H18O3. The molecule has 0 radical (unpaired) electrons. The second-order valence-electron chi connectivity index (χ2n) is 5.20. The number of hydrogen-bond acceptors (Lipinski definition) is 3. The minimum absolute atomic E-state index is 0.0234. The highest BCUT2D eigenvalue weighted by molar-refractivity contribution is 6.03. The Hall–Kier alpha value is -1.97. The van der Waals surface area contributed by atoms with E-state index in [1.54, 1.807) is 14.2 Å². The highest BCUT2D eigenvalue weighted by Crippen LogP contribution is 2.43. The molecule has 3 atom stereocenters. The zero-order valence-electron chi connectivity index (χ0n) is 12.2. The highest BCUT2D eigenvalue weighted by Gasteiger charge is 2.43. The number of fused-ring (bicyclic) bond motifs is 1. The molecular weight excluding hydrogens is 264 g/mol. The van der Waals surface area contributed by atoms with Gasteiger partial charge in [-0.25, -0.2) is 0 Å². The maximum Gasteiger partial charge on any atom is 0.192 e. The molecule has 0 amide bonds. The first kappa shape index (κ1) is 14.0. The first-order valence-corrected chi connectivity index (χ1v) is 7.01. The number of rotatable bonds is 3. The third-order valence-electron chi connectivity index (χ3n) is 4.14. The van der Waals surface area contributed by atoms with Crippen LogP contribution in [0.15, 0.2) is 54.6 Å². The molecule has 0 N–H and O–H groups in total. The Morgan fingerprint density at radius 3 is 2.10 bits per heavy atom. The molecule has 0 aromatic heterocycles. The van der Waals surface area contributed by atoms with Crippen LogP contribution in [-0.2, 0) is 9.47 Å². The molecule has 0 saturated heterocycles. The van der Waals surface area contributed by atoms with Gasteiger partial charge in [-0.05, 0) is 11.1 Å². The Labute approximate surface area is 124 Å². The highest BCUT2D eigenvalue weighted by atomic mass is 16.5. The molecule has 3 heteroatoms. The predicted molar refractivity (Wildman–Crippen MR) is 80.5 cm³/mol. The molecule has 108 valence electrons. The van der Waals surface area contributed by atoms with Crippen LogP contribution >= 0.6 is 0 Å². The van der Waals surface area contributed by atoms with E-state index in [9.17, 15) is 4.79 Å². The van der Waals surface area contributed by atoms with E-state index in [0.717, 1.165) is 11.1 Å². The van der Waals surface area contributed by atoms with E-state index in [4.69, 9.17) is 9.47 Å². The second-order valence-corrected chi connectivity index (χ2v) is 5.20. The van der Waals surface area contributed by atoms with Crippen LogP contribution in [0, 0.1) is 0 Å². The van der Waals surface area contributed by atoms with Gasteiger partial charge in [0.1, 0.15) is 6.10 Å². The SMILES string of the molecule is COC1C(=O)c2ccccc2C(OC)C1c1ccccc1. The molecule has 2 aromatic rings. The van der Waals surface area contributed by atoms with Gasteiger partial charge in [0.05, 0.1) is 6.10 Å². The van der Waals surface area contributed by atoms with Gasteiger partial charge in [0, 0.05) is 25.7 Å². The number of benzene rings is 2. The number of ketones is 1. The van der Waals surface area contributed by atoms with Gasteiger partial charge in [-0.1, -0.05) is 54.6 Å². The van der Waals surface area contributed by atoms with Crippen molar-refractivity contribution in [2.24, 2.45) is 0 Å². The fourth-order valence-electron chi connectivity index (χ4n) is 3.19. The van der Waals surface area contributed by atoms with E-state index in [2.05, 4.69) is 0 Å². The first-order chi connectivity index (χ1) is 10.3. The summed E-state index contributed by atoms with van der Waals surface area (Å²) in [5, 5.41) is 0. The normalized spacial score (nSPS) is 24.7. The van der Waals surface area contributed by atoms with Crippen molar-refractivity contribution in [1.29, 1.82) is 0 Å². The molecule has 0 saturated carbocycles. The minimum Gasteiger partial charge on any atom is -0.376 e. The van der Waals surface area contributed by atoms with Gasteiger partial charge in [-0.3, -0.25) is 4.79 Å². The summed E-state index contributed by atoms with van der Waals surface area (Å²) in [6.45, 7) is 0. The standard InChI is InChI=1S/C18H18O3/c1-20-17-14-11-7-6-10-13(14)16(19)18(21-2)15(17)12-8-4-3-5-9-12/h3-11,15,17-18H,1-2H3. The van der Waals surface area contributed by atoms with Gasteiger partial charge in [0.15, 0.2) is 5.78 Å². The molecule has 0 heterocycles. The summed E-state index contributed by atoms with van der Waals surface area (Å²) in [5.74, 6) is -0.112. The number of carbonyl (C=O) groups is 1. The first-order valence-electron chi connectivity index (χ1n) is 7.01. The van der Waals surface area contributed by atoms with Crippen molar-refractivity contribution >= 4 is 5.78 Å². The molecule has 0 fully saturated rings. The zero-order chi connectivity index (χ0) is 14.8. The van der Waals surface area contributed by atoms with E-state index in [1.165, 1.54) is 0 Å². The van der Waals surface area contributed by atoms with Crippen LogP contribution in [-0.4, -0.2) is 26.1 Å². The molecule has 2 aromatic carbocycles. The summed E-state index contributed by atoms with van der Waals surface area (Å²) in [7, 11) is 3.26. The average molecular weight is 282 g/mol. The lowest BCUT2D eigenvalue weighted by Crippen LogP contribution is -2.39. The molecule has 3 unspecified atom stereocenters. The van der Waals surface area contributed by atoms with Gasteiger partial charge in [0.2, 0.25) is 0 Å². The monoisotopic (exact) mass is 282 g/mol. The zero-order valence-corrected chi connectivity index (χ0v) is 12.2. The maximum absolute atomic E-state index is 12.7. The van der Waals surface area contributed by atoms with Crippen LogP contribution in [0.5, 0.6) is 0 Å². The van der Waals surface area contributed by atoms with Crippen LogP contribution in [0.25, 0.3) is 0 Å². The fraction of sp³-hybridized carbons (Fsp3) is 0.278. The fourth-order valence-corrected chi connectivity index (χ4v) is 3.19. The van der Waals surface area contributed by atoms with Crippen molar-refractivity contribution in [3.63, 3.8) is 0 Å². The third kappa shape index (κ3) is 2.28. The van der Waals surface area contributed by atoms with Crippen molar-refractivity contribution in [2.75, 3.05) is 14.2 Å². The number of carbonyl (C=O) groups excluding carboxylic acids is 1. The molecule has 0 aliphatic heterocycles. The van der Waals surface area contributed by atoms with Crippen molar-refractivity contribution < 1.29 is 14.3 Å². The lowest BCUT2D eigenvalue weighted by Gasteiger charge is -2.37. The van der Waals surface area contributed by atoms with Gasteiger partial charge in [-0.2, -0.15) is 0 Å². The Balaban J connectivity index is 2.16. The second kappa shape index (κ2) is 5.80. The van der Waals surface area contributed by atoms with Gasteiger partial charge < -0.3 is 9.47 Å². The summed E-state index contributed by atoms with van der Waals surface area (Å²) in [4.78, 5) is 12.7. The summed E-state index contributed by atoms with van der Waals surface area (Å²) >= 11 is 0. The Morgan fingerprint density at radius 1 is 0.810 bits per heavy atom. The van der Waals surface area contributed by atoms with E-state index in [1.807, 2.05) is 54.6 Å². The Kier molecular flexibility index (Phi) is 3.86. The van der Waals surface area contributed by atoms with Crippen LogP contribution < -0.4 is 0 Å². The molecule has 3 rings (SSSR count). The smallest absolute Gasteiger partial charge is 0.192 e. The van der Waals surface area contributed by atoms with Crippen LogP contribution in [0.1, 0.15) is 33.5 Å². The molecule has 21 heavy (non-hydrogen) atoms. The number of hydrogen-bond donors (Lipinski definition) is 0. The topological polar surface area (TPSA) is 35.5 Å². The van der Waals surface area contributed by atoms with Crippen molar-refractivity contribution in [1.82, 2.24) is 0 Å². The summed E-state index contributed by atoms with van der Waals surface area (Å²) in [6, 6.07) is 17.6. The number of ether oxygens (including phenoxy) is 2. The van der Waals surface area contributed by atoms with Gasteiger partial charge in [0.25, 0.3) is 0 Å². The quantitative estimate of drug-likeness (QED) is 0.866. The Bertz CT molecular complexity index is 636. The number of Topliss-reactive ketones (excluding diaryl/α,β-unsaturated/α-hetero) is 1. The predicted octanol–water partition coefficient (Wildman–Crippen LogP) is 3.37. The van der Waals surface area contributed by atoms with Crippen LogP contribution in [0.3, 0.4) is 0 Å². The van der Waals surface area contributed by atoms with E-state index >= 15 is 0 Å². The van der Waals surface area contributed by atoms with Crippen molar-refractivity contribution in [2.45, 2.75) is 18.1 Å². The summed E-state index contributed by atoms with van der Waals surface area (Å²) < 4.78 is 11.3.